The van der Waals surface area contributed by atoms with Crippen LogP contribution >= 0.6 is 0 Å². The number of fused-ring (bicyclic) bond motifs is 1. The maximum Gasteiger partial charge on any atom is 0.186 e. The highest BCUT2D eigenvalue weighted by Gasteiger charge is 2.14. The van der Waals surface area contributed by atoms with Gasteiger partial charge >= 0.3 is 0 Å². The molecule has 3 heteroatoms. The van der Waals surface area contributed by atoms with E-state index in [0.29, 0.717) is 12.0 Å². The van der Waals surface area contributed by atoms with E-state index >= 15 is 0 Å². The van der Waals surface area contributed by atoms with E-state index in [1.165, 1.54) is 0 Å². The van der Waals surface area contributed by atoms with Gasteiger partial charge in [-0.25, -0.2) is 0 Å². The smallest absolute Gasteiger partial charge is 0.186 e. The Kier molecular flexibility index (Phi) is 1.77. The predicted molar refractivity (Wildman–Crippen MR) is 49.6 cm³/mol. The molecule has 1 aliphatic rings. The summed E-state index contributed by atoms with van der Waals surface area (Å²) in [6.45, 7) is 0. The highest BCUT2D eigenvalue weighted by Crippen LogP contribution is 2.31. The molecule has 0 fully saturated rings. The number of ether oxygens (including phenoxy) is 1. The van der Waals surface area contributed by atoms with Gasteiger partial charge in [0.05, 0.1) is 11.9 Å². The first-order chi connectivity index (χ1) is 6.31. The molecular formula is C10H9NO2. The summed E-state index contributed by atoms with van der Waals surface area (Å²) in [7, 11) is 1.88. The lowest BCUT2D eigenvalue weighted by Crippen LogP contribution is -2.17. The number of nitrogens with zero attached hydrogens (tertiary/aromatic N) is 1. The Morgan fingerprint density at radius 3 is 2.92 bits per heavy atom. The lowest BCUT2D eigenvalue weighted by molar-refractivity contribution is -0.106. The summed E-state index contributed by atoms with van der Waals surface area (Å²) in [5, 5.41) is 0. The molecule has 0 spiro atoms. The molecule has 0 unspecified atom stereocenters. The number of carbonyl (C=O) groups excluding carboxylic acids is 1. The third-order valence-corrected chi connectivity index (χ3v) is 1.91. The fourth-order valence-corrected chi connectivity index (χ4v) is 1.30. The van der Waals surface area contributed by atoms with Gasteiger partial charge in [-0.3, -0.25) is 4.79 Å². The molecule has 0 saturated carbocycles. The van der Waals surface area contributed by atoms with Gasteiger partial charge in [-0.05, 0) is 12.1 Å². The molecule has 0 aliphatic carbocycles. The number of rotatable bonds is 1. The van der Waals surface area contributed by atoms with Crippen molar-refractivity contribution in [3.8, 4) is 5.75 Å². The zero-order chi connectivity index (χ0) is 9.26. The molecule has 2 rings (SSSR count). The number of para-hydroxylation sites is 2. The zero-order valence-electron chi connectivity index (χ0n) is 7.23. The second-order valence-electron chi connectivity index (χ2n) is 2.83. The van der Waals surface area contributed by atoms with E-state index in [9.17, 15) is 4.79 Å². The maximum atomic E-state index is 10.5. The van der Waals surface area contributed by atoms with Crippen LogP contribution in [0.15, 0.2) is 36.2 Å². The van der Waals surface area contributed by atoms with Crippen molar-refractivity contribution in [3.63, 3.8) is 0 Å². The highest BCUT2D eigenvalue weighted by molar-refractivity contribution is 5.76. The fourth-order valence-electron chi connectivity index (χ4n) is 1.30. The normalized spacial score (nSPS) is 14.2. The first-order valence-electron chi connectivity index (χ1n) is 3.98. The van der Waals surface area contributed by atoms with Gasteiger partial charge in [0, 0.05) is 7.05 Å². The Bertz CT molecular complexity index is 371. The first kappa shape index (κ1) is 7.86. The highest BCUT2D eigenvalue weighted by atomic mass is 16.5. The topological polar surface area (TPSA) is 29.5 Å². The van der Waals surface area contributed by atoms with Crippen LogP contribution in [0.1, 0.15) is 0 Å². The molecule has 0 radical (unpaired) electrons. The third-order valence-electron chi connectivity index (χ3n) is 1.91. The molecule has 1 aromatic rings. The van der Waals surface area contributed by atoms with Crippen molar-refractivity contribution < 1.29 is 9.53 Å². The van der Waals surface area contributed by atoms with Gasteiger partial charge in [0.1, 0.15) is 0 Å². The lowest BCUT2D eigenvalue weighted by Gasteiger charge is -2.23. The Morgan fingerprint density at radius 1 is 1.38 bits per heavy atom. The molecule has 0 aromatic heterocycles. The molecule has 13 heavy (non-hydrogen) atoms. The minimum atomic E-state index is 0.334. The number of aldehydes is 1. The molecule has 66 valence electrons. The van der Waals surface area contributed by atoms with E-state index in [1.807, 2.05) is 36.2 Å². The van der Waals surface area contributed by atoms with E-state index in [-0.39, 0.29) is 0 Å². The molecule has 0 saturated heterocycles. The molecule has 1 heterocycles. The summed E-state index contributed by atoms with van der Waals surface area (Å²) in [6, 6.07) is 7.58. The van der Waals surface area contributed by atoms with Gasteiger partial charge in [-0.15, -0.1) is 0 Å². The van der Waals surface area contributed by atoms with E-state index in [2.05, 4.69) is 0 Å². The number of allylic oxidation sites excluding steroid dienone is 1. The summed E-state index contributed by atoms with van der Waals surface area (Å²) in [5.74, 6) is 1.05. The minimum Gasteiger partial charge on any atom is -0.450 e. The average molecular weight is 175 g/mol. The van der Waals surface area contributed by atoms with Crippen LogP contribution in [0.4, 0.5) is 5.69 Å². The monoisotopic (exact) mass is 175 g/mol. The first-order valence-corrected chi connectivity index (χ1v) is 3.98. The van der Waals surface area contributed by atoms with Crippen LogP contribution in [0.2, 0.25) is 0 Å². The Hall–Kier alpha value is -1.77. The Labute approximate surface area is 76.2 Å². The van der Waals surface area contributed by atoms with E-state index in [1.54, 1.807) is 6.20 Å². The van der Waals surface area contributed by atoms with Crippen LogP contribution < -0.4 is 9.64 Å². The van der Waals surface area contributed by atoms with Gasteiger partial charge in [-0.1, -0.05) is 12.1 Å². The summed E-state index contributed by atoms with van der Waals surface area (Å²) in [4.78, 5) is 12.4. The lowest BCUT2D eigenvalue weighted by atomic mass is 10.2. The van der Waals surface area contributed by atoms with Crippen molar-refractivity contribution >= 4 is 12.0 Å². The minimum absolute atomic E-state index is 0.334. The summed E-state index contributed by atoms with van der Waals surface area (Å²) >= 11 is 0. The molecule has 1 aromatic carbocycles. The summed E-state index contributed by atoms with van der Waals surface area (Å²) in [6.07, 6.45) is 2.36. The quantitative estimate of drug-likeness (QED) is 0.606. The fraction of sp³-hybridized carbons (Fsp3) is 0.100. The van der Waals surface area contributed by atoms with Crippen molar-refractivity contribution in [1.82, 2.24) is 0 Å². The average Bonchev–Trinajstić information content (AvgIpc) is 2.18. The van der Waals surface area contributed by atoms with Gasteiger partial charge in [-0.2, -0.15) is 0 Å². The van der Waals surface area contributed by atoms with Gasteiger partial charge < -0.3 is 9.64 Å². The van der Waals surface area contributed by atoms with Crippen molar-refractivity contribution in [3.05, 3.63) is 36.2 Å². The van der Waals surface area contributed by atoms with Crippen molar-refractivity contribution in [2.45, 2.75) is 0 Å². The molecular weight excluding hydrogens is 166 g/mol. The number of anilines is 1. The number of hydrogen-bond donors (Lipinski definition) is 0. The van der Waals surface area contributed by atoms with Gasteiger partial charge in [0.25, 0.3) is 0 Å². The van der Waals surface area contributed by atoms with Crippen LogP contribution in [-0.4, -0.2) is 13.3 Å². The standard InChI is InChI=1S/C10H9NO2/c1-11-6-8(7-12)13-10-5-3-2-4-9(10)11/h2-7H,1H3. The molecule has 1 aliphatic heterocycles. The van der Waals surface area contributed by atoms with Gasteiger partial charge in [0.2, 0.25) is 0 Å². The predicted octanol–water partition coefficient (Wildman–Crippen LogP) is 1.56. The van der Waals surface area contributed by atoms with Crippen molar-refractivity contribution in [1.29, 1.82) is 0 Å². The molecule has 0 amide bonds. The van der Waals surface area contributed by atoms with Crippen LogP contribution in [0.25, 0.3) is 0 Å². The largest absolute Gasteiger partial charge is 0.450 e. The SMILES string of the molecule is CN1C=C(C=O)Oc2ccccc21. The zero-order valence-corrected chi connectivity index (χ0v) is 7.23. The summed E-state index contributed by atoms with van der Waals surface area (Å²) < 4.78 is 5.30. The van der Waals surface area contributed by atoms with Crippen molar-refractivity contribution in [2.75, 3.05) is 11.9 Å². The van der Waals surface area contributed by atoms with E-state index < -0.39 is 0 Å². The van der Waals surface area contributed by atoms with Crippen LogP contribution in [0.3, 0.4) is 0 Å². The third kappa shape index (κ3) is 1.28. The maximum absolute atomic E-state index is 10.5. The van der Waals surface area contributed by atoms with E-state index in [4.69, 9.17) is 4.74 Å². The second kappa shape index (κ2) is 2.94. The molecule has 3 nitrogen and oxygen atoms in total. The summed E-state index contributed by atoms with van der Waals surface area (Å²) in [5.41, 5.74) is 0.966. The Morgan fingerprint density at radius 2 is 2.15 bits per heavy atom. The number of carbonyl (C=O) groups is 1. The van der Waals surface area contributed by atoms with Crippen LogP contribution in [0.5, 0.6) is 5.75 Å². The van der Waals surface area contributed by atoms with Crippen molar-refractivity contribution in [2.24, 2.45) is 0 Å². The molecule has 0 bridgehead atoms. The number of benzene rings is 1. The Balaban J connectivity index is 2.45. The van der Waals surface area contributed by atoms with E-state index in [0.717, 1.165) is 11.4 Å². The van der Waals surface area contributed by atoms with Crippen LogP contribution in [0, 0.1) is 0 Å². The molecule has 0 N–H and O–H groups in total. The number of hydrogen-bond acceptors (Lipinski definition) is 3. The second-order valence-corrected chi connectivity index (χ2v) is 2.83. The van der Waals surface area contributed by atoms with Gasteiger partial charge in [0.15, 0.2) is 17.8 Å². The molecule has 0 atom stereocenters. The van der Waals surface area contributed by atoms with Crippen LogP contribution in [-0.2, 0) is 4.79 Å².